The molecule has 2 unspecified atom stereocenters. The predicted octanol–water partition coefficient (Wildman–Crippen LogP) is 2.91. The summed E-state index contributed by atoms with van der Waals surface area (Å²) in [6.07, 6.45) is 8.04. The average Bonchev–Trinajstić information content (AvgIpc) is 3.35. The van der Waals surface area contributed by atoms with Crippen molar-refractivity contribution >= 4 is 29.0 Å². The predicted molar refractivity (Wildman–Crippen MR) is 114 cm³/mol. The number of fused-ring (bicyclic) bond motifs is 2. The summed E-state index contributed by atoms with van der Waals surface area (Å²) >= 11 is 1.44. The van der Waals surface area contributed by atoms with Crippen molar-refractivity contribution in [2.45, 2.75) is 43.4 Å². The van der Waals surface area contributed by atoms with Crippen LogP contribution in [0.2, 0.25) is 0 Å². The molecule has 0 saturated carbocycles. The number of allylic oxidation sites excluding steroid dienone is 1. The molecule has 4 N–H and O–H groups in total. The molecule has 2 bridgehead atoms. The largest absolute Gasteiger partial charge is 0.372 e. The van der Waals surface area contributed by atoms with Crippen LogP contribution in [0.15, 0.2) is 42.0 Å². The second-order valence-corrected chi connectivity index (χ2v) is 8.44. The first-order valence-corrected chi connectivity index (χ1v) is 10.5. The highest BCUT2D eigenvalue weighted by Crippen LogP contribution is 2.47. The van der Waals surface area contributed by atoms with Gasteiger partial charge in [0.15, 0.2) is 0 Å². The van der Waals surface area contributed by atoms with Crippen molar-refractivity contribution in [1.29, 1.82) is 5.41 Å². The molecule has 2 fully saturated rings. The van der Waals surface area contributed by atoms with Gasteiger partial charge >= 0.3 is 0 Å². The number of rotatable bonds is 6. The van der Waals surface area contributed by atoms with E-state index in [9.17, 15) is 4.79 Å². The highest BCUT2D eigenvalue weighted by molar-refractivity contribution is 7.11. The van der Waals surface area contributed by atoms with Gasteiger partial charge in [-0.3, -0.25) is 15.6 Å². The standard InChI is InChI=1S/C21H25N5O2S/c1-28-21(19-4-2-3-7-24-19)9-16-5-6-17(10-21)26(16)20(27)14-8-18(29-13-14)15(11-22)12-25-23/h2-4,7-8,11-13,16-17,22,25H,5-6,9-10,23H2,1H3/b15-12+,22-11?. The van der Waals surface area contributed by atoms with E-state index in [2.05, 4.69) is 10.4 Å². The van der Waals surface area contributed by atoms with E-state index >= 15 is 0 Å². The smallest absolute Gasteiger partial charge is 0.255 e. The van der Waals surface area contributed by atoms with E-state index in [0.717, 1.165) is 36.3 Å². The van der Waals surface area contributed by atoms with E-state index in [4.69, 9.17) is 16.0 Å². The Morgan fingerprint density at radius 3 is 2.76 bits per heavy atom. The van der Waals surface area contributed by atoms with Crippen LogP contribution in [0.3, 0.4) is 0 Å². The molecule has 2 aliphatic rings. The van der Waals surface area contributed by atoms with Crippen LogP contribution in [-0.2, 0) is 10.3 Å². The van der Waals surface area contributed by atoms with Crippen molar-refractivity contribution in [3.05, 3.63) is 58.2 Å². The number of ether oxygens (including phenoxy) is 1. The van der Waals surface area contributed by atoms with Crippen LogP contribution in [0.4, 0.5) is 0 Å². The van der Waals surface area contributed by atoms with Gasteiger partial charge in [-0.25, -0.2) is 0 Å². The lowest BCUT2D eigenvalue weighted by Gasteiger charge is -2.45. The zero-order valence-corrected chi connectivity index (χ0v) is 17.1. The van der Waals surface area contributed by atoms with E-state index in [-0.39, 0.29) is 18.0 Å². The van der Waals surface area contributed by atoms with Gasteiger partial charge in [-0.05, 0) is 31.0 Å². The van der Waals surface area contributed by atoms with E-state index in [1.54, 1.807) is 19.5 Å². The van der Waals surface area contributed by atoms with Crippen LogP contribution in [0, 0.1) is 5.41 Å². The molecular formula is C21H25N5O2S. The molecule has 7 nitrogen and oxygen atoms in total. The monoisotopic (exact) mass is 411 g/mol. The Balaban J connectivity index is 1.58. The van der Waals surface area contributed by atoms with Crippen LogP contribution in [0.5, 0.6) is 0 Å². The van der Waals surface area contributed by atoms with Crippen molar-refractivity contribution in [2.75, 3.05) is 7.11 Å². The summed E-state index contributed by atoms with van der Waals surface area (Å²) in [7, 11) is 1.74. The summed E-state index contributed by atoms with van der Waals surface area (Å²) in [6.45, 7) is 0. The van der Waals surface area contributed by atoms with Gasteiger partial charge in [-0.15, -0.1) is 11.3 Å². The van der Waals surface area contributed by atoms with Crippen LogP contribution < -0.4 is 11.3 Å². The second kappa shape index (κ2) is 8.06. The number of hydrogen-bond donors (Lipinski definition) is 3. The molecule has 2 aromatic rings. The van der Waals surface area contributed by atoms with Gasteiger partial charge < -0.3 is 20.5 Å². The number of piperidine rings is 1. The number of nitrogens with one attached hydrogen (secondary N) is 2. The topological polar surface area (TPSA) is 104 Å². The van der Waals surface area contributed by atoms with Crippen LogP contribution in [-0.4, -0.2) is 41.2 Å². The molecule has 0 spiro atoms. The van der Waals surface area contributed by atoms with Gasteiger partial charge in [-0.1, -0.05) is 6.07 Å². The fraction of sp³-hybridized carbons (Fsp3) is 0.381. The fourth-order valence-corrected chi connectivity index (χ4v) is 5.55. The number of carbonyl (C=O) groups is 1. The summed E-state index contributed by atoms with van der Waals surface area (Å²) in [5.41, 5.74) is 4.26. The first-order chi connectivity index (χ1) is 14.1. The third kappa shape index (κ3) is 3.48. The number of hydrazine groups is 1. The Labute approximate surface area is 174 Å². The van der Waals surface area contributed by atoms with Crippen molar-refractivity contribution in [3.8, 4) is 0 Å². The zero-order valence-electron chi connectivity index (χ0n) is 16.3. The number of carbonyl (C=O) groups excluding carboxylic acids is 1. The Hall–Kier alpha value is -2.55. The number of hydrogen-bond acceptors (Lipinski definition) is 7. The highest BCUT2D eigenvalue weighted by atomic mass is 32.1. The number of nitrogens with two attached hydrogens (primary N) is 1. The maximum atomic E-state index is 13.3. The molecule has 4 rings (SSSR count). The molecule has 2 saturated heterocycles. The average molecular weight is 412 g/mol. The maximum Gasteiger partial charge on any atom is 0.255 e. The third-order valence-electron chi connectivity index (χ3n) is 6.03. The van der Waals surface area contributed by atoms with Gasteiger partial charge in [0.1, 0.15) is 5.60 Å². The quantitative estimate of drug-likeness (QED) is 0.385. The fourth-order valence-electron chi connectivity index (χ4n) is 4.67. The Morgan fingerprint density at radius 1 is 1.41 bits per heavy atom. The van der Waals surface area contributed by atoms with Crippen LogP contribution in [0.1, 0.15) is 46.6 Å². The summed E-state index contributed by atoms with van der Waals surface area (Å²) in [5, 5.41) is 9.40. The SMILES string of the molecule is COC1(c2ccccn2)CC2CCC(C1)N2C(=O)c1csc(/C(C=N)=C/NN)c1. The lowest BCUT2D eigenvalue weighted by Crippen LogP contribution is -2.52. The number of aromatic nitrogens is 1. The minimum atomic E-state index is -0.438. The molecule has 0 aliphatic carbocycles. The van der Waals surface area contributed by atoms with Gasteiger partial charge in [0.05, 0.1) is 11.3 Å². The van der Waals surface area contributed by atoms with Gasteiger partial charge in [0.25, 0.3) is 5.91 Å². The molecular weight excluding hydrogens is 386 g/mol. The molecule has 1 amide bonds. The molecule has 152 valence electrons. The lowest BCUT2D eigenvalue weighted by atomic mass is 9.82. The summed E-state index contributed by atoms with van der Waals surface area (Å²) in [4.78, 5) is 20.8. The summed E-state index contributed by atoms with van der Waals surface area (Å²) in [5.74, 6) is 5.39. The zero-order chi connectivity index (χ0) is 20.4. The minimum absolute atomic E-state index is 0.0516. The van der Waals surface area contributed by atoms with Crippen molar-refractivity contribution < 1.29 is 9.53 Å². The second-order valence-electron chi connectivity index (χ2n) is 7.53. The van der Waals surface area contributed by atoms with Gasteiger partial charge in [0, 0.05) is 66.5 Å². The van der Waals surface area contributed by atoms with Crippen LogP contribution in [0.25, 0.3) is 5.57 Å². The Kier molecular flexibility index (Phi) is 5.49. The number of amides is 1. The first kappa shape index (κ1) is 19.8. The van der Waals surface area contributed by atoms with Crippen LogP contribution >= 0.6 is 11.3 Å². The van der Waals surface area contributed by atoms with E-state index < -0.39 is 5.60 Å². The molecule has 0 aromatic carbocycles. The van der Waals surface area contributed by atoms with Gasteiger partial charge in [-0.2, -0.15) is 0 Å². The highest BCUT2D eigenvalue weighted by Gasteiger charge is 2.51. The normalized spacial score (nSPS) is 26.4. The molecule has 8 heteroatoms. The van der Waals surface area contributed by atoms with Crippen molar-refractivity contribution in [1.82, 2.24) is 15.3 Å². The van der Waals surface area contributed by atoms with E-state index in [1.165, 1.54) is 17.6 Å². The number of methoxy groups -OCH3 is 1. The van der Waals surface area contributed by atoms with Gasteiger partial charge in [0.2, 0.25) is 0 Å². The van der Waals surface area contributed by atoms with E-state index in [0.29, 0.717) is 11.1 Å². The van der Waals surface area contributed by atoms with E-state index in [1.807, 2.05) is 34.5 Å². The number of pyridine rings is 1. The van der Waals surface area contributed by atoms with Crippen molar-refractivity contribution in [2.24, 2.45) is 5.84 Å². The first-order valence-electron chi connectivity index (χ1n) is 9.67. The molecule has 4 heterocycles. The number of thiophene rings is 1. The minimum Gasteiger partial charge on any atom is -0.372 e. The molecule has 0 radical (unpaired) electrons. The Morgan fingerprint density at radius 2 is 2.17 bits per heavy atom. The number of nitrogens with zero attached hydrogens (tertiary/aromatic N) is 2. The Bertz CT molecular complexity index is 912. The maximum absolute atomic E-state index is 13.3. The molecule has 2 aliphatic heterocycles. The molecule has 2 atom stereocenters. The van der Waals surface area contributed by atoms with Crippen molar-refractivity contribution in [3.63, 3.8) is 0 Å². The lowest BCUT2D eigenvalue weighted by molar-refractivity contribution is -0.0814. The third-order valence-corrected chi connectivity index (χ3v) is 7.01. The summed E-state index contributed by atoms with van der Waals surface area (Å²) < 4.78 is 6.01. The summed E-state index contributed by atoms with van der Waals surface area (Å²) in [6, 6.07) is 8.02. The molecule has 29 heavy (non-hydrogen) atoms. The molecule has 2 aromatic heterocycles.